The van der Waals surface area contributed by atoms with Gasteiger partial charge in [0.15, 0.2) is 0 Å². The highest BCUT2D eigenvalue weighted by Gasteiger charge is 2.01. The first kappa shape index (κ1) is 9.74. The maximum Gasteiger partial charge on any atom is -0.0175 e. The second-order valence-corrected chi connectivity index (χ2v) is 4.86. The highest BCUT2D eigenvalue weighted by atomic mass is 31.0. The first-order chi connectivity index (χ1) is 5.61. The summed E-state index contributed by atoms with van der Waals surface area (Å²) < 4.78 is 0. The summed E-state index contributed by atoms with van der Waals surface area (Å²) in [6.45, 7) is 8.99. The molecule has 0 aliphatic rings. The first-order valence-electron chi connectivity index (χ1n) is 4.57. The Balaban J connectivity index is 2.86. The fourth-order valence-electron chi connectivity index (χ4n) is 1.10. The molecular weight excluding hydrogens is 163 g/mol. The van der Waals surface area contributed by atoms with Gasteiger partial charge in [-0.05, 0) is 28.5 Å². The van der Waals surface area contributed by atoms with E-state index >= 15 is 0 Å². The molecule has 1 aromatic heterocycles. The van der Waals surface area contributed by atoms with Crippen LogP contribution in [0.3, 0.4) is 0 Å². The van der Waals surface area contributed by atoms with Crippen LogP contribution in [0, 0.1) is 0 Å². The second-order valence-electron chi connectivity index (χ2n) is 3.83. The summed E-state index contributed by atoms with van der Waals surface area (Å²) in [4.78, 5) is 0. The summed E-state index contributed by atoms with van der Waals surface area (Å²) in [5.74, 6) is 3.69. The Kier molecular flexibility index (Phi) is 3.29. The van der Waals surface area contributed by atoms with Crippen LogP contribution in [0.1, 0.15) is 50.4 Å². The number of rotatable bonds is 2. The molecule has 0 spiro atoms. The highest BCUT2D eigenvalue weighted by molar-refractivity contribution is 7.30. The maximum absolute atomic E-state index is 2.33. The monoisotopic (exact) mass is 180 g/mol. The molecule has 1 heterocycles. The standard InChI is InChI=1S/C11H17P/c1-8(2)10-5-6-11(9(3)4)12-7-10/h5-9H,1-4H3. The largest absolute Gasteiger partial charge is 0.0724 e. The van der Waals surface area contributed by atoms with E-state index in [1.165, 1.54) is 19.1 Å². The minimum Gasteiger partial charge on any atom is -0.0724 e. The van der Waals surface area contributed by atoms with E-state index in [0.717, 1.165) is 0 Å². The molecule has 66 valence electrons. The molecule has 0 fully saturated rings. The van der Waals surface area contributed by atoms with Crippen molar-refractivity contribution in [3.8, 4) is 0 Å². The lowest BCUT2D eigenvalue weighted by atomic mass is 10.1. The summed E-state index contributed by atoms with van der Waals surface area (Å²) in [7, 11) is 1.39. The molecule has 1 rings (SSSR count). The van der Waals surface area contributed by atoms with Crippen molar-refractivity contribution in [3.63, 3.8) is 0 Å². The van der Waals surface area contributed by atoms with Gasteiger partial charge in [-0.1, -0.05) is 48.0 Å². The highest BCUT2D eigenvalue weighted by Crippen LogP contribution is 2.27. The molecule has 0 atom stereocenters. The van der Waals surface area contributed by atoms with Crippen LogP contribution in [0.2, 0.25) is 0 Å². The summed E-state index contributed by atoms with van der Waals surface area (Å²) in [6.07, 6.45) is 0. The molecular formula is C11H17P. The zero-order valence-electron chi connectivity index (χ0n) is 8.33. The molecule has 12 heavy (non-hydrogen) atoms. The van der Waals surface area contributed by atoms with E-state index in [1.807, 2.05) is 0 Å². The van der Waals surface area contributed by atoms with Gasteiger partial charge in [-0.3, -0.25) is 0 Å². The molecule has 0 saturated heterocycles. The predicted octanol–water partition coefficient (Wildman–Crippen LogP) is 4.51. The smallest absolute Gasteiger partial charge is 0.0175 e. The van der Waals surface area contributed by atoms with E-state index in [1.54, 1.807) is 0 Å². The molecule has 0 nitrogen and oxygen atoms in total. The molecule has 0 aliphatic heterocycles. The van der Waals surface area contributed by atoms with E-state index in [9.17, 15) is 0 Å². The average Bonchev–Trinajstić information content (AvgIpc) is 2.04. The third kappa shape index (κ3) is 2.32. The van der Waals surface area contributed by atoms with E-state index in [-0.39, 0.29) is 0 Å². The number of hydrogen-bond acceptors (Lipinski definition) is 0. The van der Waals surface area contributed by atoms with Crippen LogP contribution in [0.15, 0.2) is 17.9 Å². The molecule has 1 aromatic rings. The van der Waals surface area contributed by atoms with Crippen LogP contribution in [-0.2, 0) is 0 Å². The van der Waals surface area contributed by atoms with Crippen LogP contribution in [0.5, 0.6) is 0 Å². The third-order valence-corrected chi connectivity index (χ3v) is 3.46. The topological polar surface area (TPSA) is 0 Å². The Morgan fingerprint density at radius 1 is 1.00 bits per heavy atom. The molecule has 0 radical (unpaired) electrons. The SMILES string of the molecule is CC(C)c1ccc(C(C)C)pc1. The fraction of sp³-hybridized carbons (Fsp3) is 0.545. The van der Waals surface area contributed by atoms with Gasteiger partial charge in [-0.2, -0.15) is 0 Å². The van der Waals surface area contributed by atoms with Crippen molar-refractivity contribution in [1.29, 1.82) is 0 Å². The van der Waals surface area contributed by atoms with Crippen molar-refractivity contribution in [2.45, 2.75) is 39.5 Å². The molecule has 1 heteroatoms. The van der Waals surface area contributed by atoms with Gasteiger partial charge in [0.1, 0.15) is 0 Å². The predicted molar refractivity (Wildman–Crippen MR) is 57.1 cm³/mol. The van der Waals surface area contributed by atoms with Crippen molar-refractivity contribution in [2.75, 3.05) is 0 Å². The summed E-state index contributed by atoms with van der Waals surface area (Å²) in [6, 6.07) is 4.54. The molecule has 0 saturated carbocycles. The zero-order chi connectivity index (χ0) is 9.14. The molecule has 0 N–H and O–H groups in total. The van der Waals surface area contributed by atoms with Crippen LogP contribution >= 0.6 is 8.19 Å². The van der Waals surface area contributed by atoms with Crippen molar-refractivity contribution in [2.24, 2.45) is 0 Å². The van der Waals surface area contributed by atoms with Gasteiger partial charge in [0, 0.05) is 0 Å². The Labute approximate surface area is 77.1 Å². The lowest BCUT2D eigenvalue weighted by molar-refractivity contribution is 0.862. The van der Waals surface area contributed by atoms with Crippen molar-refractivity contribution >= 4 is 8.19 Å². The quantitative estimate of drug-likeness (QED) is 0.628. The minimum absolute atomic E-state index is 0.669. The summed E-state index contributed by atoms with van der Waals surface area (Å²) in [5, 5.41) is 1.53. The number of hydrogen-bond donors (Lipinski definition) is 0. The van der Waals surface area contributed by atoms with E-state index in [4.69, 9.17) is 0 Å². The third-order valence-electron chi connectivity index (χ3n) is 2.07. The van der Waals surface area contributed by atoms with Crippen LogP contribution in [0.4, 0.5) is 0 Å². The Morgan fingerprint density at radius 2 is 1.67 bits per heavy atom. The fourth-order valence-corrected chi connectivity index (χ4v) is 2.24. The summed E-state index contributed by atoms with van der Waals surface area (Å²) >= 11 is 0. The van der Waals surface area contributed by atoms with Gasteiger partial charge < -0.3 is 0 Å². The van der Waals surface area contributed by atoms with Crippen LogP contribution in [-0.4, -0.2) is 0 Å². The normalized spacial score (nSPS) is 11.8. The van der Waals surface area contributed by atoms with Crippen molar-refractivity contribution < 1.29 is 0 Å². The van der Waals surface area contributed by atoms with Crippen LogP contribution in [0.25, 0.3) is 0 Å². The molecule has 0 aliphatic carbocycles. The van der Waals surface area contributed by atoms with Crippen molar-refractivity contribution in [1.82, 2.24) is 0 Å². The van der Waals surface area contributed by atoms with E-state index in [2.05, 4.69) is 45.6 Å². The Morgan fingerprint density at radius 3 is 2.00 bits per heavy atom. The Hall–Kier alpha value is -0.350. The van der Waals surface area contributed by atoms with Gasteiger partial charge in [0.05, 0.1) is 0 Å². The molecule has 0 aromatic carbocycles. The maximum atomic E-state index is 2.33. The van der Waals surface area contributed by atoms with Gasteiger partial charge in [0.25, 0.3) is 0 Å². The zero-order valence-corrected chi connectivity index (χ0v) is 9.23. The first-order valence-corrected chi connectivity index (χ1v) is 5.53. The van der Waals surface area contributed by atoms with Crippen molar-refractivity contribution in [3.05, 3.63) is 28.8 Å². The second kappa shape index (κ2) is 4.05. The van der Waals surface area contributed by atoms with E-state index < -0.39 is 0 Å². The average molecular weight is 180 g/mol. The van der Waals surface area contributed by atoms with Gasteiger partial charge in [0.2, 0.25) is 0 Å². The summed E-state index contributed by atoms with van der Waals surface area (Å²) in [5.41, 5.74) is 1.47. The Bertz CT molecular complexity index is 207. The van der Waals surface area contributed by atoms with E-state index in [0.29, 0.717) is 11.8 Å². The van der Waals surface area contributed by atoms with Gasteiger partial charge >= 0.3 is 0 Å². The molecule has 0 bridgehead atoms. The molecule has 0 unspecified atom stereocenters. The van der Waals surface area contributed by atoms with Crippen LogP contribution < -0.4 is 0 Å². The lowest BCUT2D eigenvalue weighted by Crippen LogP contribution is -1.87. The van der Waals surface area contributed by atoms with Gasteiger partial charge in [-0.25, -0.2) is 0 Å². The van der Waals surface area contributed by atoms with Gasteiger partial charge in [-0.15, -0.1) is 0 Å². The lowest BCUT2D eigenvalue weighted by Gasteiger charge is -2.07. The minimum atomic E-state index is 0.669. The molecule has 0 amide bonds.